The van der Waals surface area contributed by atoms with Gasteiger partial charge in [-0.1, -0.05) is 13.8 Å². The Bertz CT molecular complexity index is 1320. The van der Waals surface area contributed by atoms with Crippen molar-refractivity contribution in [2.45, 2.75) is 46.5 Å². The van der Waals surface area contributed by atoms with Gasteiger partial charge in [-0.3, -0.25) is 19.1 Å². The number of fused-ring (bicyclic) bond motifs is 1. The maximum atomic E-state index is 13.1. The Kier molecular flexibility index (Phi) is 6.73. The molecule has 1 amide bonds. The van der Waals surface area contributed by atoms with E-state index >= 15 is 0 Å². The predicted molar refractivity (Wildman–Crippen MR) is 130 cm³/mol. The molecule has 0 unspecified atom stereocenters. The number of rotatable bonds is 7. The normalized spacial score (nSPS) is 14.9. The standard InChI is InChI=1S/C25H32N6O4/c1-15-10-17(13-26-24(15)35-5)21(33)16-6-8-31(9-7-16)20(32)12-25(2,3)11-19-28-22-18(23(34)29-19)14-27-30(22)4/h10,13-14,16H,6-9,11-12H2,1-5H3,(H,28,29,34). The number of H-pyrrole nitrogens is 1. The highest BCUT2D eigenvalue weighted by Crippen LogP contribution is 2.29. The molecule has 0 aliphatic carbocycles. The van der Waals surface area contributed by atoms with E-state index in [0.717, 1.165) is 5.56 Å². The molecule has 1 aliphatic rings. The zero-order chi connectivity index (χ0) is 25.3. The number of hydrogen-bond donors (Lipinski definition) is 1. The van der Waals surface area contributed by atoms with Gasteiger partial charge in [0.25, 0.3) is 5.56 Å². The Morgan fingerprint density at radius 1 is 1.23 bits per heavy atom. The Morgan fingerprint density at radius 2 is 1.94 bits per heavy atom. The molecule has 4 heterocycles. The van der Waals surface area contributed by atoms with Crippen LogP contribution in [0.4, 0.5) is 0 Å². The smallest absolute Gasteiger partial charge is 0.262 e. The van der Waals surface area contributed by atoms with Crippen molar-refractivity contribution in [3.8, 4) is 5.88 Å². The fourth-order valence-corrected chi connectivity index (χ4v) is 4.74. The van der Waals surface area contributed by atoms with Gasteiger partial charge in [-0.05, 0) is 31.2 Å². The third-order valence-corrected chi connectivity index (χ3v) is 6.65. The van der Waals surface area contributed by atoms with Gasteiger partial charge in [0, 0.05) is 56.2 Å². The molecular formula is C25H32N6O4. The molecule has 1 fully saturated rings. The molecule has 0 bridgehead atoms. The van der Waals surface area contributed by atoms with Gasteiger partial charge in [0.1, 0.15) is 11.2 Å². The number of pyridine rings is 1. The first-order valence-electron chi connectivity index (χ1n) is 11.8. The van der Waals surface area contributed by atoms with Gasteiger partial charge in [-0.2, -0.15) is 5.10 Å². The molecule has 1 saturated heterocycles. The summed E-state index contributed by atoms with van der Waals surface area (Å²) in [4.78, 5) is 51.8. The second kappa shape index (κ2) is 9.59. The largest absolute Gasteiger partial charge is 0.481 e. The van der Waals surface area contributed by atoms with Crippen LogP contribution in [0.2, 0.25) is 0 Å². The molecule has 186 valence electrons. The summed E-state index contributed by atoms with van der Waals surface area (Å²) in [5.41, 5.74) is 1.31. The SMILES string of the molecule is COc1ncc(C(=O)C2CCN(C(=O)CC(C)(C)Cc3nc4c(cnn4C)c(=O)[nH]3)CC2)cc1C. The number of ether oxygens (including phenoxy) is 1. The van der Waals surface area contributed by atoms with E-state index in [1.807, 2.05) is 31.7 Å². The number of aromatic nitrogens is 5. The van der Waals surface area contributed by atoms with Gasteiger partial charge >= 0.3 is 0 Å². The van der Waals surface area contributed by atoms with E-state index in [4.69, 9.17) is 4.74 Å². The number of methoxy groups -OCH3 is 1. The summed E-state index contributed by atoms with van der Waals surface area (Å²) in [6.45, 7) is 6.95. The highest BCUT2D eigenvalue weighted by molar-refractivity contribution is 5.98. The first kappa shape index (κ1) is 24.6. The third kappa shape index (κ3) is 5.26. The number of piperidine rings is 1. The number of likely N-dealkylation sites (tertiary alicyclic amines) is 1. The molecule has 1 N–H and O–H groups in total. The number of hydrogen-bond acceptors (Lipinski definition) is 7. The lowest BCUT2D eigenvalue weighted by molar-refractivity contribution is -0.134. The van der Waals surface area contributed by atoms with Gasteiger partial charge in [-0.25, -0.2) is 9.97 Å². The summed E-state index contributed by atoms with van der Waals surface area (Å²) in [6, 6.07) is 1.81. The average molecular weight is 481 g/mol. The lowest BCUT2D eigenvalue weighted by Gasteiger charge is -2.34. The van der Waals surface area contributed by atoms with Crippen LogP contribution in [0.3, 0.4) is 0 Å². The number of carbonyl (C=O) groups is 2. The van der Waals surface area contributed by atoms with Crippen LogP contribution in [0, 0.1) is 18.3 Å². The first-order valence-corrected chi connectivity index (χ1v) is 11.8. The Balaban J connectivity index is 1.35. The lowest BCUT2D eigenvalue weighted by atomic mass is 9.84. The van der Waals surface area contributed by atoms with Crippen LogP contribution in [0.15, 0.2) is 23.3 Å². The van der Waals surface area contributed by atoms with Crippen molar-refractivity contribution in [2.75, 3.05) is 20.2 Å². The monoisotopic (exact) mass is 480 g/mol. The summed E-state index contributed by atoms with van der Waals surface area (Å²) in [6.07, 6.45) is 5.09. The van der Waals surface area contributed by atoms with Gasteiger partial charge in [0.05, 0.1) is 13.3 Å². The van der Waals surface area contributed by atoms with Crippen LogP contribution >= 0.6 is 0 Å². The van der Waals surface area contributed by atoms with E-state index in [1.165, 1.54) is 6.20 Å². The highest BCUT2D eigenvalue weighted by atomic mass is 16.5. The fourth-order valence-electron chi connectivity index (χ4n) is 4.74. The molecule has 0 saturated carbocycles. The van der Waals surface area contributed by atoms with Crippen molar-refractivity contribution in [1.82, 2.24) is 29.6 Å². The molecular weight excluding hydrogens is 448 g/mol. The number of Topliss-reactive ketones (excluding diaryl/α,β-unsaturated/α-hetero) is 1. The van der Waals surface area contributed by atoms with Gasteiger partial charge < -0.3 is 14.6 Å². The van der Waals surface area contributed by atoms with Crippen molar-refractivity contribution in [3.63, 3.8) is 0 Å². The van der Waals surface area contributed by atoms with E-state index in [1.54, 1.807) is 25.0 Å². The number of aromatic amines is 1. The van der Waals surface area contributed by atoms with Crippen molar-refractivity contribution >= 4 is 22.7 Å². The second-order valence-electron chi connectivity index (χ2n) is 10.1. The molecule has 0 atom stereocenters. The zero-order valence-electron chi connectivity index (χ0n) is 20.9. The van der Waals surface area contributed by atoms with Crippen LogP contribution in [0.25, 0.3) is 11.0 Å². The summed E-state index contributed by atoms with van der Waals surface area (Å²) in [5, 5.41) is 4.54. The zero-order valence-corrected chi connectivity index (χ0v) is 20.9. The number of nitrogens with zero attached hydrogens (tertiary/aromatic N) is 5. The average Bonchev–Trinajstić information content (AvgIpc) is 3.19. The molecule has 0 aromatic carbocycles. The molecule has 10 heteroatoms. The quantitative estimate of drug-likeness (QED) is 0.515. The summed E-state index contributed by atoms with van der Waals surface area (Å²) in [5.74, 6) is 1.05. The van der Waals surface area contributed by atoms with E-state index in [-0.39, 0.29) is 23.2 Å². The fraction of sp³-hybridized carbons (Fsp3) is 0.520. The first-order chi connectivity index (χ1) is 16.6. The molecule has 10 nitrogen and oxygen atoms in total. The number of nitrogens with one attached hydrogen (secondary N) is 1. The highest BCUT2D eigenvalue weighted by Gasteiger charge is 2.31. The third-order valence-electron chi connectivity index (χ3n) is 6.65. The van der Waals surface area contributed by atoms with Crippen LogP contribution in [0.1, 0.15) is 54.9 Å². The van der Waals surface area contributed by atoms with E-state index in [9.17, 15) is 14.4 Å². The summed E-state index contributed by atoms with van der Waals surface area (Å²) < 4.78 is 6.75. The summed E-state index contributed by atoms with van der Waals surface area (Å²) in [7, 11) is 3.30. The van der Waals surface area contributed by atoms with Crippen LogP contribution in [0.5, 0.6) is 5.88 Å². The topological polar surface area (TPSA) is 123 Å². The van der Waals surface area contributed by atoms with Gasteiger partial charge in [-0.15, -0.1) is 0 Å². The number of aryl methyl sites for hydroxylation is 2. The van der Waals surface area contributed by atoms with Crippen LogP contribution in [-0.4, -0.2) is 61.5 Å². The molecule has 3 aromatic heterocycles. The Labute approximate surface area is 203 Å². The number of carbonyl (C=O) groups excluding carboxylic acids is 2. The Morgan fingerprint density at radius 3 is 2.60 bits per heavy atom. The molecule has 4 rings (SSSR count). The predicted octanol–water partition coefficient (Wildman–Crippen LogP) is 2.45. The summed E-state index contributed by atoms with van der Waals surface area (Å²) >= 11 is 0. The molecule has 3 aromatic rings. The van der Waals surface area contributed by atoms with E-state index < -0.39 is 5.41 Å². The molecule has 35 heavy (non-hydrogen) atoms. The number of ketones is 1. The van der Waals surface area contributed by atoms with Crippen molar-refractivity contribution in [3.05, 3.63) is 45.8 Å². The van der Waals surface area contributed by atoms with Crippen molar-refractivity contribution < 1.29 is 14.3 Å². The lowest BCUT2D eigenvalue weighted by Crippen LogP contribution is -2.42. The molecule has 0 radical (unpaired) electrons. The molecule has 0 spiro atoms. The van der Waals surface area contributed by atoms with E-state index in [0.29, 0.717) is 67.1 Å². The maximum Gasteiger partial charge on any atom is 0.262 e. The second-order valence-corrected chi connectivity index (χ2v) is 10.1. The van der Waals surface area contributed by atoms with Crippen molar-refractivity contribution in [1.29, 1.82) is 0 Å². The minimum atomic E-state index is -0.405. The van der Waals surface area contributed by atoms with Gasteiger partial charge in [0.2, 0.25) is 11.8 Å². The minimum absolute atomic E-state index is 0.0480. The maximum absolute atomic E-state index is 13.1. The van der Waals surface area contributed by atoms with Crippen LogP contribution in [-0.2, 0) is 18.3 Å². The molecule has 1 aliphatic heterocycles. The van der Waals surface area contributed by atoms with E-state index in [2.05, 4.69) is 20.1 Å². The van der Waals surface area contributed by atoms with Crippen molar-refractivity contribution in [2.24, 2.45) is 18.4 Å². The number of amides is 1. The van der Waals surface area contributed by atoms with Crippen LogP contribution < -0.4 is 10.3 Å². The Hall–Kier alpha value is -3.56. The minimum Gasteiger partial charge on any atom is -0.481 e. The van der Waals surface area contributed by atoms with Gasteiger partial charge in [0.15, 0.2) is 11.4 Å².